The molecular formula is C4H10N2O2. The van der Waals surface area contributed by atoms with Crippen LogP contribution in [0.15, 0.2) is 0 Å². The summed E-state index contributed by atoms with van der Waals surface area (Å²) in [7, 11) is 0. The molecule has 4 nitrogen and oxygen atoms in total. The monoisotopic (exact) mass is 118 g/mol. The summed E-state index contributed by atoms with van der Waals surface area (Å²) < 4.78 is 9.67. The van der Waals surface area contributed by atoms with Gasteiger partial charge in [-0.25, -0.2) is 0 Å². The Labute approximate surface area is 47.7 Å². The maximum atomic E-state index is 5.20. The molecule has 0 aliphatic carbocycles. The van der Waals surface area contributed by atoms with Gasteiger partial charge in [-0.2, -0.15) is 0 Å². The fourth-order valence-electron chi connectivity index (χ4n) is 0.630. The Morgan fingerprint density at radius 1 is 1.62 bits per heavy atom. The third-order valence-corrected chi connectivity index (χ3v) is 0.929. The highest BCUT2D eigenvalue weighted by Crippen LogP contribution is 2.11. The first-order valence-electron chi connectivity index (χ1n) is 2.50. The summed E-state index contributed by atoms with van der Waals surface area (Å²) in [6, 6.07) is -1.33. The van der Waals surface area contributed by atoms with Gasteiger partial charge in [0.15, 0.2) is 0 Å². The largest absolute Gasteiger partial charge is 0.322 e. The molecule has 1 aliphatic rings. The van der Waals surface area contributed by atoms with Crippen LogP contribution in [0.3, 0.4) is 0 Å². The Hall–Kier alpha value is -0.160. The lowest BCUT2D eigenvalue weighted by molar-refractivity contribution is -0.156. The van der Waals surface area contributed by atoms with Crippen molar-refractivity contribution in [3.63, 3.8) is 0 Å². The number of nitrogens with two attached hydrogens (primary N) is 2. The molecular weight excluding hydrogens is 108 g/mol. The molecule has 0 amide bonds. The Kier molecular flexibility index (Phi) is 1.24. The van der Waals surface area contributed by atoms with Crippen molar-refractivity contribution in [1.82, 2.24) is 0 Å². The third-order valence-electron chi connectivity index (χ3n) is 0.929. The summed E-state index contributed by atoms with van der Waals surface area (Å²) >= 11 is 0. The Bertz CT molecular complexity index is 94.0. The predicted molar refractivity (Wildman–Crippen MR) is 27.6 cm³/mol. The van der Waals surface area contributed by atoms with Crippen LogP contribution in [0.25, 0.3) is 0 Å². The fourth-order valence-corrected chi connectivity index (χ4v) is 0.630. The van der Waals surface area contributed by atoms with Gasteiger partial charge in [0.05, 0.1) is 12.7 Å². The van der Waals surface area contributed by atoms with Crippen molar-refractivity contribution in [3.8, 4) is 0 Å². The molecule has 1 saturated heterocycles. The van der Waals surface area contributed by atoms with E-state index in [-0.39, 0.29) is 6.10 Å². The number of hydrogen-bond donors (Lipinski definition) is 2. The van der Waals surface area contributed by atoms with Gasteiger partial charge in [0.2, 0.25) is 0 Å². The van der Waals surface area contributed by atoms with Crippen molar-refractivity contribution in [2.24, 2.45) is 11.5 Å². The van der Waals surface area contributed by atoms with Crippen molar-refractivity contribution >= 4 is 0 Å². The van der Waals surface area contributed by atoms with Crippen molar-refractivity contribution in [3.05, 3.63) is 0 Å². The summed E-state index contributed by atoms with van der Waals surface area (Å²) in [5.74, 6) is 0. The summed E-state index contributed by atoms with van der Waals surface area (Å²) in [5.41, 5.74) is 10.4. The summed E-state index contributed by atoms with van der Waals surface area (Å²) in [4.78, 5) is 0. The molecule has 0 radical (unpaired) electrons. The summed E-state index contributed by atoms with van der Waals surface area (Å²) in [6.07, 6.45) is 0.0185. The van der Waals surface area contributed by atoms with E-state index in [4.69, 9.17) is 20.9 Å². The molecule has 0 aromatic carbocycles. The van der Waals surface area contributed by atoms with Gasteiger partial charge in [0.1, 0.15) is 0 Å². The number of rotatable bonds is 0. The Balaban J connectivity index is 2.44. The molecule has 0 spiro atoms. The first kappa shape index (κ1) is 5.97. The van der Waals surface area contributed by atoms with Gasteiger partial charge in [0.25, 0.3) is 6.03 Å². The molecule has 0 aromatic rings. The summed E-state index contributed by atoms with van der Waals surface area (Å²) in [6.45, 7) is 2.33. The topological polar surface area (TPSA) is 70.5 Å². The van der Waals surface area contributed by atoms with Crippen LogP contribution in [0.5, 0.6) is 0 Å². The van der Waals surface area contributed by atoms with E-state index in [0.717, 1.165) is 0 Å². The van der Waals surface area contributed by atoms with E-state index < -0.39 is 6.03 Å². The van der Waals surface area contributed by atoms with E-state index in [1.54, 1.807) is 0 Å². The fraction of sp³-hybridized carbons (Fsp3) is 1.00. The molecule has 48 valence electrons. The minimum atomic E-state index is -1.33. The second-order valence-electron chi connectivity index (χ2n) is 1.96. The number of hydrogen-bond acceptors (Lipinski definition) is 4. The third kappa shape index (κ3) is 1.16. The van der Waals surface area contributed by atoms with Gasteiger partial charge < -0.3 is 9.47 Å². The van der Waals surface area contributed by atoms with Crippen LogP contribution in [0.1, 0.15) is 6.92 Å². The second kappa shape index (κ2) is 1.66. The molecule has 0 saturated carbocycles. The standard InChI is InChI=1S/C4H10N2O2/c1-3-2-7-4(5,6)8-3/h3H,2,5-6H2,1H3. The van der Waals surface area contributed by atoms with Crippen molar-refractivity contribution in [2.75, 3.05) is 6.61 Å². The van der Waals surface area contributed by atoms with E-state index in [2.05, 4.69) is 0 Å². The maximum Gasteiger partial charge on any atom is 0.287 e. The lowest BCUT2D eigenvalue weighted by atomic mass is 10.5. The maximum absolute atomic E-state index is 5.20. The van der Waals surface area contributed by atoms with Crippen molar-refractivity contribution in [1.29, 1.82) is 0 Å². The predicted octanol–water partition coefficient (Wildman–Crippen LogP) is -1.05. The van der Waals surface area contributed by atoms with E-state index in [1.165, 1.54) is 0 Å². The first-order chi connectivity index (χ1) is 3.60. The molecule has 1 unspecified atom stereocenters. The highest BCUT2D eigenvalue weighted by Gasteiger charge is 2.31. The van der Waals surface area contributed by atoms with E-state index in [1.807, 2.05) is 6.92 Å². The minimum Gasteiger partial charge on any atom is -0.322 e. The van der Waals surface area contributed by atoms with Gasteiger partial charge in [-0.1, -0.05) is 0 Å². The van der Waals surface area contributed by atoms with Gasteiger partial charge in [0, 0.05) is 0 Å². The summed E-state index contributed by atoms with van der Waals surface area (Å²) in [5, 5.41) is 0. The molecule has 8 heavy (non-hydrogen) atoms. The second-order valence-corrected chi connectivity index (χ2v) is 1.96. The molecule has 1 aliphatic heterocycles. The quantitative estimate of drug-likeness (QED) is 0.398. The van der Waals surface area contributed by atoms with Crippen LogP contribution in [0.4, 0.5) is 0 Å². The SMILES string of the molecule is CC1COC(N)(N)O1. The van der Waals surface area contributed by atoms with Gasteiger partial charge in [-0.3, -0.25) is 11.5 Å². The molecule has 1 atom stereocenters. The van der Waals surface area contributed by atoms with Gasteiger partial charge in [-0.05, 0) is 6.92 Å². The zero-order valence-corrected chi connectivity index (χ0v) is 4.76. The molecule has 4 heteroatoms. The normalized spacial score (nSPS) is 35.6. The Morgan fingerprint density at radius 3 is 2.38 bits per heavy atom. The van der Waals surface area contributed by atoms with Crippen LogP contribution >= 0.6 is 0 Å². The van der Waals surface area contributed by atoms with E-state index in [0.29, 0.717) is 6.61 Å². The lowest BCUT2D eigenvalue weighted by Crippen LogP contribution is -2.50. The van der Waals surface area contributed by atoms with Crippen LogP contribution in [-0.4, -0.2) is 18.7 Å². The van der Waals surface area contributed by atoms with Crippen LogP contribution < -0.4 is 11.5 Å². The van der Waals surface area contributed by atoms with Crippen molar-refractivity contribution in [2.45, 2.75) is 19.1 Å². The lowest BCUT2D eigenvalue weighted by Gasteiger charge is -2.14. The number of ether oxygens (including phenoxy) is 2. The zero-order chi connectivity index (χ0) is 6.20. The van der Waals surface area contributed by atoms with Crippen LogP contribution in [0, 0.1) is 0 Å². The highest BCUT2D eigenvalue weighted by molar-refractivity contribution is 4.62. The molecule has 1 fully saturated rings. The zero-order valence-electron chi connectivity index (χ0n) is 4.76. The molecule has 4 N–H and O–H groups in total. The molecule has 1 heterocycles. The first-order valence-corrected chi connectivity index (χ1v) is 2.50. The van der Waals surface area contributed by atoms with Gasteiger partial charge >= 0.3 is 0 Å². The van der Waals surface area contributed by atoms with Crippen molar-refractivity contribution < 1.29 is 9.47 Å². The average molecular weight is 118 g/mol. The molecule has 0 aromatic heterocycles. The highest BCUT2D eigenvalue weighted by atomic mass is 16.8. The van der Waals surface area contributed by atoms with Crippen LogP contribution in [0.2, 0.25) is 0 Å². The Morgan fingerprint density at radius 2 is 2.25 bits per heavy atom. The average Bonchev–Trinajstić information content (AvgIpc) is 1.82. The van der Waals surface area contributed by atoms with Crippen LogP contribution in [-0.2, 0) is 9.47 Å². The minimum absolute atomic E-state index is 0.0185. The molecule has 1 rings (SSSR count). The molecule has 0 bridgehead atoms. The van der Waals surface area contributed by atoms with Gasteiger partial charge in [-0.15, -0.1) is 0 Å². The smallest absolute Gasteiger partial charge is 0.287 e. The van der Waals surface area contributed by atoms with E-state index in [9.17, 15) is 0 Å². The van der Waals surface area contributed by atoms with E-state index >= 15 is 0 Å².